The number of hydrogen-bond donors (Lipinski definition) is 2. The summed E-state index contributed by atoms with van der Waals surface area (Å²) in [7, 11) is 0. The number of anilines is 1. The average molecular weight is 439 g/mol. The van der Waals surface area contributed by atoms with Crippen LogP contribution in [0.15, 0.2) is 42.5 Å². The minimum absolute atomic E-state index is 0.0346. The Balaban J connectivity index is 2.00. The summed E-state index contributed by atoms with van der Waals surface area (Å²) in [6, 6.07) is 10.9. The van der Waals surface area contributed by atoms with Gasteiger partial charge < -0.3 is 14.8 Å². The lowest BCUT2D eigenvalue weighted by molar-refractivity contribution is -0.144. The Hall–Kier alpha value is -3.14. The van der Waals surface area contributed by atoms with E-state index in [0.29, 0.717) is 0 Å². The molecule has 0 atom stereocenters. The van der Waals surface area contributed by atoms with Gasteiger partial charge in [-0.25, -0.2) is 9.78 Å². The number of carbonyl (C=O) groups is 2. The number of ether oxygens (including phenoxy) is 2. The minimum atomic E-state index is -4.66. The number of nitrogens with zero attached hydrogens (tertiary/aromatic N) is 1. The Labute approximate surface area is 178 Å². The molecule has 1 amide bonds. The van der Waals surface area contributed by atoms with Crippen LogP contribution in [0.3, 0.4) is 0 Å². The summed E-state index contributed by atoms with van der Waals surface area (Å²) in [6.07, 6.45) is -5.49. The summed E-state index contributed by atoms with van der Waals surface area (Å²) in [5.74, 6) is -0.586. The number of hydrogen-bond acceptors (Lipinski definition) is 6. The Kier molecular flexibility index (Phi) is 7.98. The maximum Gasteiger partial charge on any atom is 0.433 e. The van der Waals surface area contributed by atoms with Crippen molar-refractivity contribution in [1.82, 2.24) is 10.3 Å². The van der Waals surface area contributed by atoms with Gasteiger partial charge in [-0.2, -0.15) is 13.2 Å². The van der Waals surface area contributed by atoms with Gasteiger partial charge in [0.05, 0.1) is 17.9 Å². The molecule has 0 spiro atoms. The highest BCUT2D eigenvalue weighted by Crippen LogP contribution is 2.29. The highest BCUT2D eigenvalue weighted by molar-refractivity contribution is 5.85. The maximum atomic E-state index is 13.0. The van der Waals surface area contributed by atoms with Crippen LogP contribution in [0.25, 0.3) is 0 Å². The van der Waals surface area contributed by atoms with E-state index in [1.54, 1.807) is 45.0 Å². The molecule has 1 aromatic heterocycles. The standard InChI is InChI=1S/C21H24F3N3O4/c1-20(2,3)31-19(29)27-15-9-10-17(21(22,23)24)26-16(15)11-25-12-18(28)30-13-14-7-5-4-6-8-14/h4-10,25H,11-13H2,1-3H3,(H,27,29). The van der Waals surface area contributed by atoms with Crippen molar-refractivity contribution in [2.24, 2.45) is 0 Å². The van der Waals surface area contributed by atoms with Gasteiger partial charge in [-0.3, -0.25) is 10.1 Å². The van der Waals surface area contributed by atoms with Gasteiger partial charge in [0.25, 0.3) is 0 Å². The topological polar surface area (TPSA) is 89.5 Å². The predicted octanol–water partition coefficient (Wildman–Crippen LogP) is 4.28. The molecule has 0 aliphatic carbocycles. The number of amides is 1. The number of rotatable bonds is 7. The number of benzene rings is 1. The van der Waals surface area contributed by atoms with Crippen LogP contribution >= 0.6 is 0 Å². The molecule has 1 aromatic carbocycles. The third-order valence-electron chi connectivity index (χ3n) is 3.70. The van der Waals surface area contributed by atoms with E-state index in [2.05, 4.69) is 15.6 Å². The number of halogens is 3. The second kappa shape index (κ2) is 10.3. The predicted molar refractivity (Wildman–Crippen MR) is 107 cm³/mol. The van der Waals surface area contributed by atoms with Crippen LogP contribution < -0.4 is 10.6 Å². The summed E-state index contributed by atoms with van der Waals surface area (Å²) in [4.78, 5) is 27.4. The summed E-state index contributed by atoms with van der Waals surface area (Å²) in [5, 5.41) is 5.07. The third kappa shape index (κ3) is 8.63. The van der Waals surface area contributed by atoms with Crippen molar-refractivity contribution in [3.05, 3.63) is 59.4 Å². The van der Waals surface area contributed by atoms with E-state index in [1.807, 2.05) is 6.07 Å². The molecule has 7 nitrogen and oxygen atoms in total. The first-order chi connectivity index (χ1) is 14.4. The number of esters is 1. The second-order valence-electron chi connectivity index (χ2n) is 7.57. The van der Waals surface area contributed by atoms with Crippen molar-refractivity contribution in [2.45, 2.75) is 45.7 Å². The van der Waals surface area contributed by atoms with E-state index in [-0.39, 0.29) is 31.1 Å². The lowest BCUT2D eigenvalue weighted by Crippen LogP contribution is -2.29. The van der Waals surface area contributed by atoms with Crippen LogP contribution in [-0.4, -0.2) is 29.2 Å². The Morgan fingerprint density at radius 1 is 1.03 bits per heavy atom. The van der Waals surface area contributed by atoms with Gasteiger partial charge in [-0.1, -0.05) is 30.3 Å². The molecule has 2 rings (SSSR count). The maximum absolute atomic E-state index is 13.0. The second-order valence-corrected chi connectivity index (χ2v) is 7.57. The zero-order chi connectivity index (χ0) is 23.1. The number of carbonyl (C=O) groups excluding carboxylic acids is 2. The third-order valence-corrected chi connectivity index (χ3v) is 3.70. The molecule has 0 bridgehead atoms. The fourth-order valence-corrected chi connectivity index (χ4v) is 2.39. The summed E-state index contributed by atoms with van der Waals surface area (Å²) >= 11 is 0. The molecule has 168 valence electrons. The van der Waals surface area contributed by atoms with Gasteiger partial charge in [0, 0.05) is 6.54 Å². The first-order valence-electron chi connectivity index (χ1n) is 9.41. The summed E-state index contributed by atoms with van der Waals surface area (Å²) < 4.78 is 49.3. The molecular formula is C21H24F3N3O4. The number of pyridine rings is 1. The molecule has 0 saturated heterocycles. The Morgan fingerprint density at radius 3 is 2.32 bits per heavy atom. The monoisotopic (exact) mass is 439 g/mol. The quantitative estimate of drug-likeness (QED) is 0.626. The van der Waals surface area contributed by atoms with Gasteiger partial charge in [0.1, 0.15) is 17.9 Å². The zero-order valence-electron chi connectivity index (χ0n) is 17.4. The van der Waals surface area contributed by atoms with Gasteiger partial charge >= 0.3 is 18.2 Å². The first-order valence-corrected chi connectivity index (χ1v) is 9.41. The molecule has 31 heavy (non-hydrogen) atoms. The fourth-order valence-electron chi connectivity index (χ4n) is 2.39. The lowest BCUT2D eigenvalue weighted by Gasteiger charge is -2.20. The van der Waals surface area contributed by atoms with Crippen LogP contribution in [0.1, 0.15) is 37.7 Å². The van der Waals surface area contributed by atoms with Crippen molar-refractivity contribution in [2.75, 3.05) is 11.9 Å². The lowest BCUT2D eigenvalue weighted by atomic mass is 10.2. The molecule has 2 aromatic rings. The van der Waals surface area contributed by atoms with Crippen LogP contribution in [0, 0.1) is 0 Å². The van der Waals surface area contributed by atoms with Crippen LogP contribution in [0.5, 0.6) is 0 Å². The van der Waals surface area contributed by atoms with E-state index in [1.165, 1.54) is 0 Å². The van der Waals surface area contributed by atoms with E-state index < -0.39 is 29.5 Å². The largest absolute Gasteiger partial charge is 0.460 e. The van der Waals surface area contributed by atoms with Crippen LogP contribution in [-0.2, 0) is 33.6 Å². The number of nitrogens with one attached hydrogen (secondary N) is 2. The fraction of sp³-hybridized carbons (Fsp3) is 0.381. The first kappa shape index (κ1) is 24.1. The molecule has 0 unspecified atom stereocenters. The molecule has 0 aliphatic rings. The molecule has 0 saturated carbocycles. The van der Waals surface area contributed by atoms with Crippen LogP contribution in [0.2, 0.25) is 0 Å². The Bertz CT molecular complexity index is 897. The van der Waals surface area contributed by atoms with Gasteiger partial charge in [-0.15, -0.1) is 0 Å². The number of alkyl halides is 3. The number of aromatic nitrogens is 1. The van der Waals surface area contributed by atoms with Gasteiger partial charge in [0.2, 0.25) is 0 Å². The smallest absolute Gasteiger partial charge is 0.433 e. The van der Waals surface area contributed by atoms with E-state index >= 15 is 0 Å². The van der Waals surface area contributed by atoms with Crippen molar-refractivity contribution in [3.63, 3.8) is 0 Å². The van der Waals surface area contributed by atoms with E-state index in [4.69, 9.17) is 9.47 Å². The summed E-state index contributed by atoms with van der Waals surface area (Å²) in [6.45, 7) is 4.57. The normalized spacial score (nSPS) is 11.7. The average Bonchev–Trinajstić information content (AvgIpc) is 2.66. The van der Waals surface area contributed by atoms with Crippen molar-refractivity contribution in [3.8, 4) is 0 Å². The van der Waals surface area contributed by atoms with E-state index in [9.17, 15) is 22.8 Å². The highest BCUT2D eigenvalue weighted by Gasteiger charge is 2.33. The van der Waals surface area contributed by atoms with Crippen molar-refractivity contribution >= 4 is 17.7 Å². The molecule has 0 fully saturated rings. The summed E-state index contributed by atoms with van der Waals surface area (Å²) in [5.41, 5.74) is -1.17. The van der Waals surface area contributed by atoms with E-state index in [0.717, 1.165) is 17.7 Å². The molecule has 1 heterocycles. The minimum Gasteiger partial charge on any atom is -0.460 e. The van der Waals surface area contributed by atoms with Crippen LogP contribution in [0.4, 0.5) is 23.7 Å². The zero-order valence-corrected chi connectivity index (χ0v) is 17.4. The van der Waals surface area contributed by atoms with Crippen molar-refractivity contribution < 1.29 is 32.2 Å². The molecule has 10 heteroatoms. The van der Waals surface area contributed by atoms with Gasteiger partial charge in [0.15, 0.2) is 0 Å². The van der Waals surface area contributed by atoms with Gasteiger partial charge in [-0.05, 0) is 38.5 Å². The SMILES string of the molecule is CC(C)(C)OC(=O)Nc1ccc(C(F)(F)F)nc1CNCC(=O)OCc1ccccc1. The molecule has 2 N–H and O–H groups in total. The molecular weight excluding hydrogens is 415 g/mol. The Morgan fingerprint density at radius 2 is 1.71 bits per heavy atom. The van der Waals surface area contributed by atoms with Crippen molar-refractivity contribution in [1.29, 1.82) is 0 Å². The highest BCUT2D eigenvalue weighted by atomic mass is 19.4. The molecule has 0 radical (unpaired) electrons. The molecule has 0 aliphatic heterocycles.